The molecule has 23 heavy (non-hydrogen) atoms. The number of likely N-dealkylation sites (tertiary alicyclic amines) is 1. The fourth-order valence-electron chi connectivity index (χ4n) is 3.20. The summed E-state index contributed by atoms with van der Waals surface area (Å²) in [5.41, 5.74) is 1.04. The second kappa shape index (κ2) is 6.57. The van der Waals surface area contributed by atoms with Crippen LogP contribution in [0.25, 0.3) is 10.2 Å². The Hall–Kier alpha value is -1.46. The lowest BCUT2D eigenvalue weighted by atomic mass is 10.0. The number of piperidine rings is 1. The van der Waals surface area contributed by atoms with Gasteiger partial charge in [0.1, 0.15) is 11.6 Å². The SMILES string of the molecule is O=C(COCC1CC1)N1CCCC[C@H]1c1nc2ccccc2s1. The molecule has 0 bridgehead atoms. The van der Waals surface area contributed by atoms with Crippen LogP contribution < -0.4 is 0 Å². The van der Waals surface area contributed by atoms with Crippen LogP contribution in [0.2, 0.25) is 0 Å². The van der Waals surface area contributed by atoms with Gasteiger partial charge in [0.2, 0.25) is 5.91 Å². The summed E-state index contributed by atoms with van der Waals surface area (Å²) in [5.74, 6) is 0.818. The number of carbonyl (C=O) groups excluding carboxylic acids is 1. The number of carbonyl (C=O) groups is 1. The van der Waals surface area contributed by atoms with E-state index < -0.39 is 0 Å². The van der Waals surface area contributed by atoms with E-state index in [1.807, 2.05) is 23.1 Å². The van der Waals surface area contributed by atoms with Crippen LogP contribution >= 0.6 is 11.3 Å². The largest absolute Gasteiger partial charge is 0.371 e. The molecule has 122 valence electrons. The maximum atomic E-state index is 12.6. The summed E-state index contributed by atoms with van der Waals surface area (Å²) >= 11 is 1.72. The van der Waals surface area contributed by atoms with Gasteiger partial charge in [0.25, 0.3) is 0 Å². The second-order valence-electron chi connectivity index (χ2n) is 6.58. The topological polar surface area (TPSA) is 42.4 Å². The van der Waals surface area contributed by atoms with Gasteiger partial charge in [-0.2, -0.15) is 0 Å². The van der Waals surface area contributed by atoms with E-state index in [1.54, 1.807) is 11.3 Å². The number of hydrogen-bond acceptors (Lipinski definition) is 4. The fourth-order valence-corrected chi connectivity index (χ4v) is 4.32. The molecule has 4 rings (SSSR count). The van der Waals surface area contributed by atoms with E-state index in [4.69, 9.17) is 9.72 Å². The van der Waals surface area contributed by atoms with E-state index in [0.29, 0.717) is 5.92 Å². The zero-order valence-corrected chi connectivity index (χ0v) is 14.1. The van der Waals surface area contributed by atoms with Gasteiger partial charge in [0.15, 0.2) is 0 Å². The van der Waals surface area contributed by atoms with E-state index in [9.17, 15) is 4.79 Å². The zero-order valence-electron chi connectivity index (χ0n) is 13.2. The molecule has 2 heterocycles. The first-order valence-electron chi connectivity index (χ1n) is 8.54. The predicted molar refractivity (Wildman–Crippen MR) is 91.5 cm³/mol. The molecule has 0 spiro atoms. The summed E-state index contributed by atoms with van der Waals surface area (Å²) in [5, 5.41) is 1.07. The third-order valence-electron chi connectivity index (χ3n) is 4.69. The standard InChI is InChI=1S/C18H22N2O2S/c21-17(12-22-11-13-8-9-13)20-10-4-3-6-15(20)18-19-14-5-1-2-7-16(14)23-18/h1-2,5,7,13,15H,3-4,6,8-12H2/t15-/m0/s1. The number of para-hydroxylation sites is 1. The summed E-state index contributed by atoms with van der Waals surface area (Å²) in [6.45, 7) is 1.79. The minimum Gasteiger partial charge on any atom is -0.371 e. The quantitative estimate of drug-likeness (QED) is 0.838. The van der Waals surface area contributed by atoms with Crippen LogP contribution in [0.1, 0.15) is 43.2 Å². The van der Waals surface area contributed by atoms with Crippen LogP contribution in [-0.2, 0) is 9.53 Å². The van der Waals surface area contributed by atoms with Crippen molar-refractivity contribution in [3.63, 3.8) is 0 Å². The summed E-state index contributed by atoms with van der Waals surface area (Å²) in [4.78, 5) is 19.3. The highest BCUT2D eigenvalue weighted by molar-refractivity contribution is 7.18. The smallest absolute Gasteiger partial charge is 0.249 e. The molecular formula is C18H22N2O2S. The van der Waals surface area contributed by atoms with Gasteiger partial charge >= 0.3 is 0 Å². The van der Waals surface area contributed by atoms with Gasteiger partial charge in [-0.25, -0.2) is 4.98 Å². The normalized spacial score (nSPS) is 21.7. The molecule has 0 radical (unpaired) electrons. The Morgan fingerprint density at radius 3 is 2.96 bits per heavy atom. The van der Waals surface area contributed by atoms with E-state index in [0.717, 1.165) is 42.9 Å². The summed E-state index contributed by atoms with van der Waals surface area (Å²) < 4.78 is 6.81. The lowest BCUT2D eigenvalue weighted by molar-refractivity contribution is -0.140. The Balaban J connectivity index is 1.48. The van der Waals surface area contributed by atoms with Crippen LogP contribution in [0.5, 0.6) is 0 Å². The number of ether oxygens (including phenoxy) is 1. The van der Waals surface area contributed by atoms with Gasteiger partial charge in [-0.15, -0.1) is 11.3 Å². The highest BCUT2D eigenvalue weighted by Crippen LogP contribution is 2.35. The van der Waals surface area contributed by atoms with Gasteiger partial charge in [-0.1, -0.05) is 12.1 Å². The number of amides is 1. The molecular weight excluding hydrogens is 308 g/mol. The molecule has 1 amide bonds. The second-order valence-corrected chi connectivity index (χ2v) is 7.64. The fraction of sp³-hybridized carbons (Fsp3) is 0.556. The molecule has 2 fully saturated rings. The number of fused-ring (bicyclic) bond motifs is 1. The lowest BCUT2D eigenvalue weighted by Gasteiger charge is -2.34. The van der Waals surface area contributed by atoms with Crippen molar-refractivity contribution >= 4 is 27.5 Å². The number of hydrogen-bond donors (Lipinski definition) is 0. The van der Waals surface area contributed by atoms with Crippen molar-refractivity contribution < 1.29 is 9.53 Å². The van der Waals surface area contributed by atoms with E-state index in [2.05, 4.69) is 6.07 Å². The summed E-state index contributed by atoms with van der Waals surface area (Å²) in [7, 11) is 0. The Bertz CT molecular complexity index is 662. The van der Waals surface area contributed by atoms with Crippen molar-refractivity contribution in [2.24, 2.45) is 5.92 Å². The molecule has 0 unspecified atom stereocenters. The average Bonchev–Trinajstić information content (AvgIpc) is 3.30. The molecule has 2 aromatic rings. The van der Waals surface area contributed by atoms with Gasteiger partial charge in [-0.3, -0.25) is 4.79 Å². The van der Waals surface area contributed by atoms with Crippen LogP contribution in [-0.4, -0.2) is 35.5 Å². The minimum absolute atomic E-state index is 0.120. The minimum atomic E-state index is 0.120. The Morgan fingerprint density at radius 2 is 2.13 bits per heavy atom. The maximum Gasteiger partial charge on any atom is 0.249 e. The molecule has 2 aliphatic rings. The van der Waals surface area contributed by atoms with Gasteiger partial charge in [-0.05, 0) is 50.2 Å². The van der Waals surface area contributed by atoms with Crippen molar-refractivity contribution in [1.29, 1.82) is 0 Å². The molecule has 1 saturated carbocycles. The first-order valence-corrected chi connectivity index (χ1v) is 9.35. The Kier molecular flexibility index (Phi) is 4.31. The third kappa shape index (κ3) is 3.40. The van der Waals surface area contributed by atoms with E-state index in [-0.39, 0.29) is 18.6 Å². The lowest BCUT2D eigenvalue weighted by Crippen LogP contribution is -2.40. The van der Waals surface area contributed by atoms with Crippen LogP contribution in [0.3, 0.4) is 0 Å². The van der Waals surface area contributed by atoms with E-state index >= 15 is 0 Å². The molecule has 1 atom stereocenters. The van der Waals surface area contributed by atoms with Gasteiger partial charge < -0.3 is 9.64 Å². The van der Waals surface area contributed by atoms with Crippen molar-refractivity contribution in [1.82, 2.24) is 9.88 Å². The number of nitrogens with zero attached hydrogens (tertiary/aromatic N) is 2. The molecule has 1 saturated heterocycles. The van der Waals surface area contributed by atoms with Crippen molar-refractivity contribution in [3.8, 4) is 0 Å². The maximum absolute atomic E-state index is 12.6. The van der Waals surface area contributed by atoms with Gasteiger partial charge in [0, 0.05) is 6.54 Å². The number of thiazole rings is 1. The van der Waals surface area contributed by atoms with Crippen molar-refractivity contribution in [2.75, 3.05) is 19.8 Å². The van der Waals surface area contributed by atoms with Crippen molar-refractivity contribution in [2.45, 2.75) is 38.1 Å². The van der Waals surface area contributed by atoms with Crippen molar-refractivity contribution in [3.05, 3.63) is 29.3 Å². The summed E-state index contributed by atoms with van der Waals surface area (Å²) in [6, 6.07) is 8.33. The number of rotatable bonds is 5. The molecule has 1 aliphatic heterocycles. The first kappa shape index (κ1) is 15.1. The van der Waals surface area contributed by atoms with Crippen LogP contribution in [0.15, 0.2) is 24.3 Å². The molecule has 5 heteroatoms. The molecule has 1 aromatic heterocycles. The zero-order chi connectivity index (χ0) is 15.6. The molecule has 0 N–H and O–H groups in total. The molecule has 4 nitrogen and oxygen atoms in total. The predicted octanol–water partition coefficient (Wildman–Crippen LogP) is 3.78. The monoisotopic (exact) mass is 330 g/mol. The number of aromatic nitrogens is 1. The van der Waals surface area contributed by atoms with E-state index in [1.165, 1.54) is 17.5 Å². The molecule has 1 aliphatic carbocycles. The highest BCUT2D eigenvalue weighted by atomic mass is 32.1. The third-order valence-corrected chi connectivity index (χ3v) is 5.83. The Labute approximate surface area is 140 Å². The highest BCUT2D eigenvalue weighted by Gasteiger charge is 2.30. The number of benzene rings is 1. The van der Waals surface area contributed by atoms with Crippen LogP contribution in [0, 0.1) is 5.92 Å². The van der Waals surface area contributed by atoms with Crippen LogP contribution in [0.4, 0.5) is 0 Å². The molecule has 1 aromatic carbocycles. The first-order chi connectivity index (χ1) is 11.3. The summed E-state index contributed by atoms with van der Waals surface area (Å²) in [6.07, 6.45) is 5.76. The average molecular weight is 330 g/mol. The van der Waals surface area contributed by atoms with Gasteiger partial charge in [0.05, 0.1) is 22.9 Å². The Morgan fingerprint density at radius 1 is 1.26 bits per heavy atom.